The van der Waals surface area contributed by atoms with Crippen LogP contribution in [0, 0.1) is 5.92 Å². The maximum absolute atomic E-state index is 9.56. The Morgan fingerprint density at radius 3 is 1.74 bits per heavy atom. The van der Waals surface area contributed by atoms with E-state index >= 15 is 0 Å². The van der Waals surface area contributed by atoms with E-state index in [0.29, 0.717) is 5.92 Å². The Labute approximate surface area is 144 Å². The molecule has 0 bridgehead atoms. The van der Waals surface area contributed by atoms with Crippen molar-refractivity contribution >= 4 is 10.4 Å². The molecule has 0 aliphatic carbocycles. The molecule has 0 fully saturated rings. The van der Waals surface area contributed by atoms with E-state index in [1.807, 2.05) is 0 Å². The van der Waals surface area contributed by atoms with Crippen LogP contribution in [0.25, 0.3) is 0 Å². The molecular weight excluding hydrogens is 314 g/mol. The van der Waals surface area contributed by atoms with Gasteiger partial charge in [0.2, 0.25) is 0 Å². The van der Waals surface area contributed by atoms with Crippen LogP contribution in [0.4, 0.5) is 0 Å². The lowest BCUT2D eigenvalue weighted by molar-refractivity contribution is 0.283. The summed E-state index contributed by atoms with van der Waals surface area (Å²) in [6.45, 7) is 10.3. The van der Waals surface area contributed by atoms with Crippen molar-refractivity contribution in [2.24, 2.45) is 11.7 Å². The third-order valence-corrected chi connectivity index (χ3v) is 4.56. The predicted molar refractivity (Wildman–Crippen MR) is 97.8 cm³/mol. The summed E-state index contributed by atoms with van der Waals surface area (Å²) in [5.41, 5.74) is 6.08. The van der Waals surface area contributed by atoms with Crippen molar-refractivity contribution in [3.8, 4) is 0 Å². The minimum atomic E-state index is -4.17. The molecule has 0 radical (unpaired) electrons. The van der Waals surface area contributed by atoms with E-state index in [-0.39, 0.29) is 12.1 Å². The number of unbranched alkanes of at least 4 members (excludes halogenated alkanes) is 7. The van der Waals surface area contributed by atoms with Crippen molar-refractivity contribution in [3.05, 3.63) is 0 Å². The Hall–Kier alpha value is -0.170. The second-order valence-electron chi connectivity index (χ2n) is 6.82. The van der Waals surface area contributed by atoms with Gasteiger partial charge in [0.15, 0.2) is 0 Å². The van der Waals surface area contributed by atoms with Crippen molar-refractivity contribution in [3.63, 3.8) is 0 Å². The summed E-state index contributed by atoms with van der Waals surface area (Å²) in [5.74, 6) is 0.646. The van der Waals surface area contributed by atoms with E-state index in [1.54, 1.807) is 0 Å². The molecule has 0 saturated carbocycles. The second-order valence-corrected chi connectivity index (χ2v) is 7.91. The van der Waals surface area contributed by atoms with Crippen molar-refractivity contribution in [1.82, 2.24) is 0 Å². The van der Waals surface area contributed by atoms with Crippen molar-refractivity contribution in [2.45, 2.75) is 97.9 Å². The quantitative estimate of drug-likeness (QED) is 0.391. The third-order valence-electron chi connectivity index (χ3n) is 4.03. The molecule has 6 heteroatoms. The number of rotatable bonds is 12. The van der Waals surface area contributed by atoms with Crippen LogP contribution >= 0.6 is 0 Å². The molecule has 3 N–H and O–H groups in total. The number of nitrogens with two attached hydrogens (primary N) is 1. The molecule has 5 nitrogen and oxygen atoms in total. The lowest BCUT2D eigenvalue weighted by Gasteiger charge is -2.27. The van der Waals surface area contributed by atoms with Gasteiger partial charge in [0.1, 0.15) is 0 Å². The molecule has 0 aromatic heterocycles. The van der Waals surface area contributed by atoms with Crippen LogP contribution in [0.15, 0.2) is 0 Å². The molecule has 0 saturated heterocycles. The largest absolute Gasteiger partial charge is 0.397 e. The summed E-state index contributed by atoms with van der Waals surface area (Å²) in [6, 6.07) is 0. The fourth-order valence-electron chi connectivity index (χ4n) is 2.11. The first-order chi connectivity index (χ1) is 10.5. The Bertz CT molecular complexity index is 350. The summed E-state index contributed by atoms with van der Waals surface area (Å²) in [4.78, 5) is 0. The topological polar surface area (TPSA) is 89.6 Å². The molecule has 142 valence electrons. The van der Waals surface area contributed by atoms with Crippen molar-refractivity contribution in [2.75, 3.05) is 6.61 Å². The zero-order valence-electron chi connectivity index (χ0n) is 15.8. The first-order valence-electron chi connectivity index (χ1n) is 8.95. The van der Waals surface area contributed by atoms with Gasteiger partial charge in [-0.25, -0.2) is 4.18 Å². The minimum Gasteiger partial charge on any atom is -0.325 e. The lowest BCUT2D eigenvalue weighted by Crippen LogP contribution is -2.39. The fourth-order valence-corrected chi connectivity index (χ4v) is 2.40. The van der Waals surface area contributed by atoms with Crippen LogP contribution in [0.1, 0.15) is 92.4 Å². The highest BCUT2D eigenvalue weighted by molar-refractivity contribution is 7.80. The van der Waals surface area contributed by atoms with Crippen molar-refractivity contribution < 1.29 is 17.2 Å². The smallest absolute Gasteiger partial charge is 0.325 e. The molecule has 0 aromatic carbocycles. The highest BCUT2D eigenvalue weighted by Crippen LogP contribution is 2.20. The van der Waals surface area contributed by atoms with E-state index in [2.05, 4.69) is 31.9 Å². The maximum atomic E-state index is 9.56. The van der Waals surface area contributed by atoms with Gasteiger partial charge in [0, 0.05) is 5.54 Å². The summed E-state index contributed by atoms with van der Waals surface area (Å²) in [7, 11) is -4.17. The van der Waals surface area contributed by atoms with E-state index in [4.69, 9.17) is 10.3 Å². The average molecular weight is 354 g/mol. The van der Waals surface area contributed by atoms with Crippen LogP contribution in [0.3, 0.4) is 0 Å². The van der Waals surface area contributed by atoms with Gasteiger partial charge in [-0.15, -0.1) is 0 Å². The molecule has 0 amide bonds. The van der Waals surface area contributed by atoms with Gasteiger partial charge in [-0.1, -0.05) is 65.2 Å². The van der Waals surface area contributed by atoms with Gasteiger partial charge in [-0.2, -0.15) is 8.42 Å². The normalized spacial score (nSPS) is 13.3. The first kappa shape index (κ1) is 25.1. The van der Waals surface area contributed by atoms with Gasteiger partial charge >= 0.3 is 10.4 Å². The molecule has 0 aromatic rings. The highest BCUT2D eigenvalue weighted by Gasteiger charge is 2.19. The maximum Gasteiger partial charge on any atom is 0.397 e. The Morgan fingerprint density at radius 2 is 1.43 bits per heavy atom. The van der Waals surface area contributed by atoms with Gasteiger partial charge in [0.05, 0.1) is 6.61 Å². The molecule has 0 rings (SSSR count). The molecule has 0 heterocycles. The van der Waals surface area contributed by atoms with E-state index in [9.17, 15) is 8.42 Å². The SMILES string of the molecule is CCCCCCCCCCC(C)C(C)(C)N.CCOS(=O)(=O)O. The van der Waals surface area contributed by atoms with Crippen molar-refractivity contribution in [1.29, 1.82) is 0 Å². The predicted octanol–water partition coefficient (Wildman–Crippen LogP) is 4.72. The lowest BCUT2D eigenvalue weighted by atomic mass is 9.86. The molecule has 0 spiro atoms. The van der Waals surface area contributed by atoms with Gasteiger partial charge in [-0.3, -0.25) is 4.55 Å². The standard InChI is InChI=1S/C15H33N.C2H6O4S/c1-5-6-7-8-9-10-11-12-13-14(2)15(3,4)16;1-2-6-7(3,4)5/h14H,5-13,16H2,1-4H3;2H2,1H3,(H,3,4,5). The third kappa shape index (κ3) is 21.8. The number of hydrogen-bond donors (Lipinski definition) is 2. The molecular formula is C17H39NO4S. The highest BCUT2D eigenvalue weighted by atomic mass is 32.3. The molecule has 0 aliphatic heterocycles. The Kier molecular flexibility index (Phi) is 15.5. The summed E-state index contributed by atoms with van der Waals surface area (Å²) < 4.78 is 30.7. The van der Waals surface area contributed by atoms with Crippen LogP contribution in [0.5, 0.6) is 0 Å². The van der Waals surface area contributed by atoms with E-state index in [1.165, 1.54) is 64.7 Å². The van der Waals surface area contributed by atoms with Gasteiger partial charge in [-0.05, 0) is 33.1 Å². The average Bonchev–Trinajstić information content (AvgIpc) is 2.40. The van der Waals surface area contributed by atoms with Crippen LogP contribution < -0.4 is 5.73 Å². The van der Waals surface area contributed by atoms with E-state index in [0.717, 1.165) is 0 Å². The molecule has 1 atom stereocenters. The van der Waals surface area contributed by atoms with Crippen LogP contribution in [-0.4, -0.2) is 25.1 Å². The van der Waals surface area contributed by atoms with Crippen LogP contribution in [-0.2, 0) is 14.6 Å². The summed E-state index contributed by atoms with van der Waals surface area (Å²) >= 11 is 0. The monoisotopic (exact) mass is 353 g/mol. The molecule has 1 unspecified atom stereocenters. The number of hydrogen-bond acceptors (Lipinski definition) is 4. The fraction of sp³-hybridized carbons (Fsp3) is 1.00. The van der Waals surface area contributed by atoms with Crippen LogP contribution in [0.2, 0.25) is 0 Å². The van der Waals surface area contributed by atoms with E-state index < -0.39 is 10.4 Å². The minimum absolute atomic E-state index is 0.00112. The van der Waals surface area contributed by atoms with Gasteiger partial charge < -0.3 is 5.73 Å². The summed E-state index contributed by atoms with van der Waals surface area (Å²) in [6.07, 6.45) is 12.5. The second kappa shape index (κ2) is 14.2. The molecule has 0 aliphatic rings. The zero-order valence-corrected chi connectivity index (χ0v) is 16.6. The molecule has 23 heavy (non-hydrogen) atoms. The van der Waals surface area contributed by atoms with Gasteiger partial charge in [0.25, 0.3) is 0 Å². The zero-order chi connectivity index (χ0) is 18.4. The first-order valence-corrected chi connectivity index (χ1v) is 10.3. The summed E-state index contributed by atoms with van der Waals surface area (Å²) in [5, 5.41) is 0. The Balaban J connectivity index is 0. The Morgan fingerprint density at radius 1 is 1.00 bits per heavy atom.